The number of hydrogen-bond donors (Lipinski definition) is 0. The average molecular weight is 843 g/mol. The van der Waals surface area contributed by atoms with Crippen LogP contribution in [0, 0.1) is 27.7 Å². The van der Waals surface area contributed by atoms with Crippen LogP contribution in [0.1, 0.15) is 101 Å². The van der Waals surface area contributed by atoms with Gasteiger partial charge in [0.1, 0.15) is 0 Å². The molecule has 4 heterocycles. The summed E-state index contributed by atoms with van der Waals surface area (Å²) in [5.41, 5.74) is 26.6. The van der Waals surface area contributed by atoms with E-state index in [0.29, 0.717) is 0 Å². The molecule has 0 saturated heterocycles. The Morgan fingerprint density at radius 2 is 1.05 bits per heavy atom. The zero-order chi connectivity index (χ0) is 45.4. The minimum Gasteiger partial charge on any atom is -0.375 e. The molecular formula is C62H59BN2. The van der Waals surface area contributed by atoms with E-state index in [9.17, 15) is 0 Å². The fourth-order valence-electron chi connectivity index (χ4n) is 12.0. The van der Waals surface area contributed by atoms with Gasteiger partial charge in [0.05, 0.1) is 11.0 Å². The minimum absolute atomic E-state index is 0.0115. The first-order valence-electron chi connectivity index (χ1n) is 23.8. The molecule has 0 atom stereocenters. The number of fused-ring (bicyclic) bond motifs is 12. The van der Waals surface area contributed by atoms with Crippen molar-refractivity contribution in [2.45, 2.75) is 106 Å². The average Bonchev–Trinajstić information content (AvgIpc) is 3.75. The quantitative estimate of drug-likeness (QED) is 0.153. The molecular weight excluding hydrogens is 784 g/mol. The van der Waals surface area contributed by atoms with Crippen molar-refractivity contribution in [1.29, 1.82) is 0 Å². The molecule has 0 fully saturated rings. The normalized spacial score (nSPS) is 13.6. The van der Waals surface area contributed by atoms with Gasteiger partial charge in [-0.25, -0.2) is 0 Å². The second kappa shape index (κ2) is 13.2. The van der Waals surface area contributed by atoms with E-state index in [1.807, 2.05) is 0 Å². The SMILES string of the molecule is Cc1cc2c3c(c1)c1ccc4c(-c5c(C)cccc5C)cccc4c1n3-c1cc(-c3ccc(C(C)(C)C)cc3C)cc3c1B2n1c2ccc(C(C)(C)C)cc2c2cc(C(C)(C)C)cc-3c21. The Kier molecular flexibility index (Phi) is 8.14. The fraction of sp³-hybridized carbons (Fsp3) is 0.258. The van der Waals surface area contributed by atoms with Crippen molar-refractivity contribution < 1.29 is 0 Å². The summed E-state index contributed by atoms with van der Waals surface area (Å²) in [7, 11) is 0. The third-order valence-electron chi connectivity index (χ3n) is 15.4. The molecule has 0 amide bonds. The molecule has 0 unspecified atom stereocenters. The molecule has 320 valence electrons. The van der Waals surface area contributed by atoms with Gasteiger partial charge in [0.15, 0.2) is 0 Å². The van der Waals surface area contributed by atoms with E-state index < -0.39 is 0 Å². The lowest BCUT2D eigenvalue weighted by Crippen LogP contribution is -2.55. The Morgan fingerprint density at radius 3 is 1.75 bits per heavy atom. The number of nitrogens with zero attached hydrogens (tertiary/aromatic N) is 2. The molecule has 0 spiro atoms. The smallest absolute Gasteiger partial charge is 0.333 e. The van der Waals surface area contributed by atoms with Gasteiger partial charge in [-0.05, 0) is 164 Å². The lowest BCUT2D eigenvalue weighted by Gasteiger charge is -2.35. The van der Waals surface area contributed by atoms with Crippen molar-refractivity contribution in [1.82, 2.24) is 9.05 Å². The van der Waals surface area contributed by atoms with Gasteiger partial charge < -0.3 is 9.05 Å². The molecule has 3 heteroatoms. The summed E-state index contributed by atoms with van der Waals surface area (Å²) in [6.07, 6.45) is 0. The standard InChI is InChI=1S/C62H59BN2/c1-34-26-49-46-24-23-43-44(55-35(2)16-14-17-36(55)3)18-15-19-45(43)57(46)64-54-30-38(42-22-20-39(28-37(42)4)60(5,6)7)29-48-51-33-41(62(11,12)13)32-50-47-31-40(61(8,9)10)21-25-53(47)65(58(50)51)63(56(48)54)52(27-34)59(49)64/h14-33H,1-13H3. The van der Waals surface area contributed by atoms with Crippen LogP contribution in [0.5, 0.6) is 0 Å². The van der Waals surface area contributed by atoms with Crippen LogP contribution in [0.3, 0.4) is 0 Å². The van der Waals surface area contributed by atoms with Crippen molar-refractivity contribution in [3.05, 3.63) is 160 Å². The number of hydrogen-bond acceptors (Lipinski definition) is 0. The lowest BCUT2D eigenvalue weighted by atomic mass is 9.45. The molecule has 0 aliphatic carbocycles. The van der Waals surface area contributed by atoms with Crippen LogP contribution in [-0.4, -0.2) is 15.9 Å². The first-order valence-corrected chi connectivity index (χ1v) is 23.8. The third-order valence-corrected chi connectivity index (χ3v) is 15.4. The summed E-state index contributed by atoms with van der Waals surface area (Å²) >= 11 is 0. The highest BCUT2D eigenvalue weighted by Crippen LogP contribution is 2.48. The van der Waals surface area contributed by atoms with E-state index >= 15 is 0 Å². The van der Waals surface area contributed by atoms with Crippen molar-refractivity contribution in [3.63, 3.8) is 0 Å². The first kappa shape index (κ1) is 40.2. The summed E-state index contributed by atoms with van der Waals surface area (Å²) in [4.78, 5) is 0. The molecule has 0 bridgehead atoms. The van der Waals surface area contributed by atoms with Gasteiger partial charge in [-0.1, -0.05) is 147 Å². The molecule has 10 aromatic rings. The molecule has 2 aliphatic rings. The Bertz CT molecular complexity index is 3730. The van der Waals surface area contributed by atoms with Gasteiger partial charge in [0.2, 0.25) is 0 Å². The summed E-state index contributed by atoms with van der Waals surface area (Å²) in [5, 5.41) is 7.93. The van der Waals surface area contributed by atoms with Gasteiger partial charge >= 0.3 is 6.85 Å². The molecule has 0 N–H and O–H groups in total. The Morgan fingerprint density at radius 1 is 0.415 bits per heavy atom. The maximum atomic E-state index is 2.75. The Hall–Kier alpha value is -6.32. The number of aromatic nitrogens is 2. The molecule has 8 aromatic carbocycles. The van der Waals surface area contributed by atoms with Crippen LogP contribution in [0.25, 0.3) is 93.5 Å². The predicted molar refractivity (Wildman–Crippen MR) is 283 cm³/mol. The van der Waals surface area contributed by atoms with Crippen LogP contribution in [-0.2, 0) is 16.2 Å². The summed E-state index contributed by atoms with van der Waals surface area (Å²) < 4.78 is 5.45. The predicted octanol–water partition coefficient (Wildman–Crippen LogP) is 15.5. The topological polar surface area (TPSA) is 9.86 Å². The maximum Gasteiger partial charge on any atom is 0.333 e. The molecule has 2 aromatic heterocycles. The van der Waals surface area contributed by atoms with Gasteiger partial charge in [0, 0.05) is 49.2 Å². The molecule has 2 nitrogen and oxygen atoms in total. The van der Waals surface area contributed by atoms with E-state index in [-0.39, 0.29) is 23.1 Å². The summed E-state index contributed by atoms with van der Waals surface area (Å²) in [6, 6.07) is 48.2. The van der Waals surface area contributed by atoms with Crippen LogP contribution in [0.2, 0.25) is 0 Å². The van der Waals surface area contributed by atoms with Crippen molar-refractivity contribution in [2.24, 2.45) is 0 Å². The highest BCUT2D eigenvalue weighted by Gasteiger charge is 2.43. The van der Waals surface area contributed by atoms with Gasteiger partial charge in [-0.3, -0.25) is 0 Å². The second-order valence-corrected chi connectivity index (χ2v) is 22.9. The molecule has 65 heavy (non-hydrogen) atoms. The van der Waals surface area contributed by atoms with Crippen LogP contribution in [0.15, 0.2) is 121 Å². The Balaban J connectivity index is 1.29. The first-order chi connectivity index (χ1) is 30.8. The van der Waals surface area contributed by atoms with E-state index in [1.54, 1.807) is 0 Å². The van der Waals surface area contributed by atoms with Crippen molar-refractivity contribution >= 4 is 72.2 Å². The van der Waals surface area contributed by atoms with Crippen LogP contribution in [0.4, 0.5) is 0 Å². The van der Waals surface area contributed by atoms with Crippen molar-refractivity contribution in [2.75, 3.05) is 0 Å². The van der Waals surface area contributed by atoms with E-state index in [4.69, 9.17) is 0 Å². The lowest BCUT2D eigenvalue weighted by molar-refractivity contribution is 0.590. The number of rotatable bonds is 2. The fourth-order valence-corrected chi connectivity index (χ4v) is 12.0. The molecule has 0 saturated carbocycles. The monoisotopic (exact) mass is 842 g/mol. The van der Waals surface area contributed by atoms with E-state index in [2.05, 4.69) is 220 Å². The van der Waals surface area contributed by atoms with Crippen LogP contribution >= 0.6 is 0 Å². The van der Waals surface area contributed by atoms with Gasteiger partial charge in [-0.15, -0.1) is 0 Å². The van der Waals surface area contributed by atoms with Gasteiger partial charge in [0.25, 0.3) is 0 Å². The highest BCUT2D eigenvalue weighted by molar-refractivity contribution is 6.90. The Labute approximate surface area is 385 Å². The van der Waals surface area contributed by atoms with E-state index in [0.717, 1.165) is 0 Å². The molecule has 2 aliphatic heterocycles. The van der Waals surface area contributed by atoms with Crippen molar-refractivity contribution in [3.8, 4) is 39.1 Å². The number of aryl methyl sites for hydroxylation is 4. The maximum absolute atomic E-state index is 2.75. The van der Waals surface area contributed by atoms with Gasteiger partial charge in [-0.2, -0.15) is 0 Å². The van der Waals surface area contributed by atoms with E-state index in [1.165, 1.54) is 143 Å². The highest BCUT2D eigenvalue weighted by atomic mass is 15.0. The minimum atomic E-state index is -0.0484. The molecule has 0 radical (unpaired) electrons. The number of benzene rings is 8. The van der Waals surface area contributed by atoms with Crippen LogP contribution < -0.4 is 10.9 Å². The second-order valence-electron chi connectivity index (χ2n) is 22.9. The largest absolute Gasteiger partial charge is 0.375 e. The third kappa shape index (κ3) is 5.60. The summed E-state index contributed by atoms with van der Waals surface area (Å²) in [6.45, 7) is 30.2. The zero-order valence-electron chi connectivity index (χ0n) is 40.5. The zero-order valence-corrected chi connectivity index (χ0v) is 40.5. The molecule has 12 rings (SSSR count). The summed E-state index contributed by atoms with van der Waals surface area (Å²) in [5.74, 6) is 0.